The highest BCUT2D eigenvalue weighted by Crippen LogP contribution is 2.29. The second kappa shape index (κ2) is 6.02. The van der Waals surface area contributed by atoms with E-state index in [-0.39, 0.29) is 0 Å². The smallest absolute Gasteiger partial charge is 0.273 e. The molecule has 1 atom stereocenters. The fraction of sp³-hybridized carbons (Fsp3) is 0.727. The number of hydrogen-bond acceptors (Lipinski definition) is 3. The van der Waals surface area contributed by atoms with Gasteiger partial charge < -0.3 is 4.74 Å². The van der Waals surface area contributed by atoms with Crippen LogP contribution in [-0.4, -0.2) is 12.1 Å². The Balaban J connectivity index is 2.58. The van der Waals surface area contributed by atoms with E-state index in [1.54, 1.807) is 18.4 Å². The van der Waals surface area contributed by atoms with Crippen LogP contribution in [0.2, 0.25) is 0 Å². The molecule has 1 heterocycles. The van der Waals surface area contributed by atoms with Crippen LogP contribution in [0.5, 0.6) is 5.19 Å². The Hall–Kier alpha value is -0.570. The average molecular weight is 213 g/mol. The standard InChI is InChI=1S/C11H19NOS/c1-4-6-7-9(5-2)10-8-14-11(12-10)13-3/h8-9H,4-7H2,1-3H3. The summed E-state index contributed by atoms with van der Waals surface area (Å²) in [4.78, 5) is 4.45. The van der Waals surface area contributed by atoms with Gasteiger partial charge in [-0.15, -0.1) is 0 Å². The summed E-state index contributed by atoms with van der Waals surface area (Å²) in [6, 6.07) is 0. The van der Waals surface area contributed by atoms with Gasteiger partial charge in [-0.25, -0.2) is 4.98 Å². The molecule has 1 aromatic rings. The second-order valence-corrected chi connectivity index (χ2v) is 4.31. The molecule has 0 radical (unpaired) electrons. The van der Waals surface area contributed by atoms with Crippen LogP contribution >= 0.6 is 11.3 Å². The Morgan fingerprint density at radius 3 is 2.79 bits per heavy atom. The minimum absolute atomic E-state index is 0.620. The maximum atomic E-state index is 5.10. The molecule has 2 nitrogen and oxygen atoms in total. The minimum Gasteiger partial charge on any atom is -0.473 e. The molecule has 0 bridgehead atoms. The number of rotatable bonds is 6. The van der Waals surface area contributed by atoms with Crippen molar-refractivity contribution < 1.29 is 4.74 Å². The van der Waals surface area contributed by atoms with E-state index in [0.29, 0.717) is 5.92 Å². The molecule has 0 saturated heterocycles. The van der Waals surface area contributed by atoms with Gasteiger partial charge in [-0.1, -0.05) is 38.0 Å². The summed E-state index contributed by atoms with van der Waals surface area (Å²) in [6.07, 6.45) is 4.98. The van der Waals surface area contributed by atoms with Crippen molar-refractivity contribution in [2.75, 3.05) is 7.11 Å². The van der Waals surface area contributed by atoms with Crippen LogP contribution in [0.4, 0.5) is 0 Å². The number of thiazole rings is 1. The Bertz CT molecular complexity index is 260. The van der Waals surface area contributed by atoms with Crippen molar-refractivity contribution in [2.45, 2.75) is 45.4 Å². The number of methoxy groups -OCH3 is 1. The molecule has 1 rings (SSSR count). The molecular formula is C11H19NOS. The van der Waals surface area contributed by atoms with E-state index in [0.717, 1.165) is 5.19 Å². The molecule has 0 aliphatic rings. The zero-order chi connectivity index (χ0) is 10.4. The molecule has 1 unspecified atom stereocenters. The molecule has 80 valence electrons. The lowest BCUT2D eigenvalue weighted by Gasteiger charge is -2.10. The SMILES string of the molecule is CCCCC(CC)c1csc(OC)n1. The maximum Gasteiger partial charge on any atom is 0.273 e. The van der Waals surface area contributed by atoms with E-state index in [9.17, 15) is 0 Å². The second-order valence-electron chi connectivity index (χ2n) is 3.49. The third kappa shape index (κ3) is 2.98. The Morgan fingerprint density at radius 1 is 1.50 bits per heavy atom. The highest BCUT2D eigenvalue weighted by molar-refractivity contribution is 7.11. The van der Waals surface area contributed by atoms with Gasteiger partial charge >= 0.3 is 0 Å². The molecule has 0 saturated carbocycles. The predicted octanol–water partition coefficient (Wildman–Crippen LogP) is 3.84. The molecule has 14 heavy (non-hydrogen) atoms. The lowest BCUT2D eigenvalue weighted by molar-refractivity contribution is 0.408. The van der Waals surface area contributed by atoms with Gasteiger partial charge in [0.15, 0.2) is 0 Å². The number of aromatic nitrogens is 1. The summed E-state index contributed by atoms with van der Waals surface area (Å²) in [5.74, 6) is 0.620. The van der Waals surface area contributed by atoms with Crippen molar-refractivity contribution in [3.05, 3.63) is 11.1 Å². The van der Waals surface area contributed by atoms with E-state index in [1.165, 1.54) is 31.4 Å². The summed E-state index contributed by atoms with van der Waals surface area (Å²) < 4.78 is 5.10. The summed E-state index contributed by atoms with van der Waals surface area (Å²) >= 11 is 1.59. The van der Waals surface area contributed by atoms with Crippen LogP contribution in [0, 0.1) is 0 Å². The number of nitrogens with zero attached hydrogens (tertiary/aromatic N) is 1. The molecule has 1 aromatic heterocycles. The Labute approximate surface area is 90.3 Å². The van der Waals surface area contributed by atoms with E-state index >= 15 is 0 Å². The molecule has 0 fully saturated rings. The normalized spacial score (nSPS) is 12.8. The molecule has 3 heteroatoms. The molecule has 0 amide bonds. The van der Waals surface area contributed by atoms with E-state index in [1.807, 2.05) is 0 Å². The Morgan fingerprint density at radius 2 is 2.29 bits per heavy atom. The van der Waals surface area contributed by atoms with Gasteiger partial charge in [0.25, 0.3) is 5.19 Å². The third-order valence-electron chi connectivity index (χ3n) is 2.49. The lowest BCUT2D eigenvalue weighted by Crippen LogP contribution is -1.97. The van der Waals surface area contributed by atoms with Crippen molar-refractivity contribution >= 4 is 11.3 Å². The highest BCUT2D eigenvalue weighted by Gasteiger charge is 2.12. The first-order valence-corrected chi connectivity index (χ1v) is 6.19. The van der Waals surface area contributed by atoms with Crippen LogP contribution in [-0.2, 0) is 0 Å². The average Bonchev–Trinajstić information content (AvgIpc) is 2.68. The van der Waals surface area contributed by atoms with Crippen LogP contribution in [0.25, 0.3) is 0 Å². The number of hydrogen-bond donors (Lipinski definition) is 0. The van der Waals surface area contributed by atoms with E-state index < -0.39 is 0 Å². The van der Waals surface area contributed by atoms with Crippen molar-refractivity contribution in [1.82, 2.24) is 4.98 Å². The van der Waals surface area contributed by atoms with Crippen molar-refractivity contribution in [3.63, 3.8) is 0 Å². The van der Waals surface area contributed by atoms with Gasteiger partial charge in [0.05, 0.1) is 12.8 Å². The van der Waals surface area contributed by atoms with Crippen LogP contribution < -0.4 is 4.74 Å². The van der Waals surface area contributed by atoms with Gasteiger partial charge in [-0.3, -0.25) is 0 Å². The molecule has 0 spiro atoms. The first-order chi connectivity index (χ1) is 6.81. The molecule has 0 aliphatic heterocycles. The summed E-state index contributed by atoms with van der Waals surface area (Å²) in [7, 11) is 1.68. The largest absolute Gasteiger partial charge is 0.473 e. The fourth-order valence-electron chi connectivity index (χ4n) is 1.56. The van der Waals surface area contributed by atoms with Crippen molar-refractivity contribution in [1.29, 1.82) is 0 Å². The summed E-state index contributed by atoms with van der Waals surface area (Å²) in [5, 5.41) is 2.91. The summed E-state index contributed by atoms with van der Waals surface area (Å²) in [6.45, 7) is 4.46. The van der Waals surface area contributed by atoms with Crippen molar-refractivity contribution in [2.24, 2.45) is 0 Å². The van der Waals surface area contributed by atoms with Gasteiger partial charge in [0, 0.05) is 11.3 Å². The van der Waals surface area contributed by atoms with Gasteiger partial charge in [-0.05, 0) is 12.8 Å². The first kappa shape index (κ1) is 11.5. The third-order valence-corrected chi connectivity index (χ3v) is 3.31. The van der Waals surface area contributed by atoms with Crippen LogP contribution in [0.3, 0.4) is 0 Å². The molecule has 0 aromatic carbocycles. The number of ether oxygens (including phenoxy) is 1. The lowest BCUT2D eigenvalue weighted by atomic mass is 9.97. The first-order valence-electron chi connectivity index (χ1n) is 5.31. The van der Waals surface area contributed by atoms with Crippen LogP contribution in [0.1, 0.15) is 51.1 Å². The zero-order valence-corrected chi connectivity index (χ0v) is 10.1. The van der Waals surface area contributed by atoms with Gasteiger partial charge in [0.2, 0.25) is 0 Å². The van der Waals surface area contributed by atoms with E-state index in [4.69, 9.17) is 4.74 Å². The van der Waals surface area contributed by atoms with Gasteiger partial charge in [-0.2, -0.15) is 0 Å². The quantitative estimate of drug-likeness (QED) is 0.716. The predicted molar refractivity (Wildman–Crippen MR) is 61.2 cm³/mol. The van der Waals surface area contributed by atoms with E-state index in [2.05, 4.69) is 24.2 Å². The monoisotopic (exact) mass is 213 g/mol. The summed E-state index contributed by atoms with van der Waals surface area (Å²) in [5.41, 5.74) is 1.21. The molecule has 0 N–H and O–H groups in total. The highest BCUT2D eigenvalue weighted by atomic mass is 32.1. The number of unbranched alkanes of at least 4 members (excludes halogenated alkanes) is 1. The van der Waals surface area contributed by atoms with Gasteiger partial charge in [0.1, 0.15) is 0 Å². The molecule has 0 aliphatic carbocycles. The fourth-order valence-corrected chi connectivity index (χ4v) is 2.28. The van der Waals surface area contributed by atoms with Crippen LogP contribution in [0.15, 0.2) is 5.38 Å². The topological polar surface area (TPSA) is 22.1 Å². The Kier molecular flexibility index (Phi) is 4.94. The maximum absolute atomic E-state index is 5.10. The minimum atomic E-state index is 0.620. The molecular weight excluding hydrogens is 194 g/mol. The van der Waals surface area contributed by atoms with Crippen molar-refractivity contribution in [3.8, 4) is 5.19 Å². The zero-order valence-electron chi connectivity index (χ0n) is 9.25.